The highest BCUT2D eigenvalue weighted by Crippen LogP contribution is 2.09. The molecule has 0 saturated heterocycles. The van der Waals surface area contributed by atoms with Crippen molar-refractivity contribution in [1.29, 1.82) is 0 Å². The zero-order valence-electron chi connectivity index (χ0n) is 12.6. The lowest BCUT2D eigenvalue weighted by Crippen LogP contribution is -2.26. The van der Waals surface area contributed by atoms with Gasteiger partial charge in [0.2, 0.25) is 17.7 Å². The van der Waals surface area contributed by atoms with Gasteiger partial charge in [-0.3, -0.25) is 4.79 Å². The second kappa shape index (κ2) is 7.57. The third-order valence-corrected chi connectivity index (χ3v) is 3.31. The standard InChI is InChI=1S/C16H21N3O2/c1-13-17-18-15(21-13)12-19(2)16(20)11-7-6-10-14-8-4-3-5-9-14/h3-5,8-9H,6-7,10-12H2,1-2H3. The molecule has 0 saturated carbocycles. The van der Waals surface area contributed by atoms with Crippen molar-refractivity contribution in [2.24, 2.45) is 0 Å². The number of carbonyl (C=O) groups excluding carboxylic acids is 1. The van der Waals surface area contributed by atoms with Crippen LogP contribution in [0.4, 0.5) is 0 Å². The number of aromatic nitrogens is 2. The fourth-order valence-electron chi connectivity index (χ4n) is 2.13. The minimum absolute atomic E-state index is 0.110. The van der Waals surface area contributed by atoms with Crippen LogP contribution in [0.1, 0.15) is 36.6 Å². The maximum atomic E-state index is 12.0. The summed E-state index contributed by atoms with van der Waals surface area (Å²) >= 11 is 0. The van der Waals surface area contributed by atoms with Crippen molar-refractivity contribution in [2.45, 2.75) is 39.2 Å². The summed E-state index contributed by atoms with van der Waals surface area (Å²) in [5.74, 6) is 1.11. The molecule has 5 heteroatoms. The topological polar surface area (TPSA) is 59.2 Å². The molecule has 0 fully saturated rings. The molecular formula is C16H21N3O2. The van der Waals surface area contributed by atoms with Gasteiger partial charge in [0.1, 0.15) is 0 Å². The summed E-state index contributed by atoms with van der Waals surface area (Å²) in [5.41, 5.74) is 1.32. The van der Waals surface area contributed by atoms with Gasteiger partial charge in [0.05, 0.1) is 6.54 Å². The maximum absolute atomic E-state index is 12.0. The van der Waals surface area contributed by atoms with E-state index in [1.807, 2.05) is 18.2 Å². The van der Waals surface area contributed by atoms with Gasteiger partial charge in [0.25, 0.3) is 0 Å². The number of hydrogen-bond acceptors (Lipinski definition) is 4. The van der Waals surface area contributed by atoms with Crippen molar-refractivity contribution in [2.75, 3.05) is 7.05 Å². The van der Waals surface area contributed by atoms with Crippen LogP contribution in [0.5, 0.6) is 0 Å². The van der Waals surface area contributed by atoms with Gasteiger partial charge in [-0.15, -0.1) is 10.2 Å². The van der Waals surface area contributed by atoms with Crippen molar-refractivity contribution in [3.05, 3.63) is 47.7 Å². The number of carbonyl (C=O) groups is 1. The van der Waals surface area contributed by atoms with E-state index in [9.17, 15) is 4.79 Å². The lowest BCUT2D eigenvalue weighted by atomic mass is 10.1. The van der Waals surface area contributed by atoms with Crippen molar-refractivity contribution >= 4 is 5.91 Å². The zero-order valence-corrected chi connectivity index (χ0v) is 12.6. The van der Waals surface area contributed by atoms with Crippen LogP contribution in [0.15, 0.2) is 34.7 Å². The number of aryl methyl sites for hydroxylation is 2. The molecule has 1 aromatic carbocycles. The summed E-state index contributed by atoms with van der Waals surface area (Å²) in [6.07, 6.45) is 3.47. The summed E-state index contributed by atoms with van der Waals surface area (Å²) in [6, 6.07) is 10.3. The molecule has 1 aromatic heterocycles. The van der Waals surface area contributed by atoms with E-state index in [4.69, 9.17) is 4.42 Å². The summed E-state index contributed by atoms with van der Waals surface area (Å²) < 4.78 is 5.27. The quantitative estimate of drug-likeness (QED) is 0.735. The largest absolute Gasteiger partial charge is 0.424 e. The van der Waals surface area contributed by atoms with Crippen molar-refractivity contribution in [3.63, 3.8) is 0 Å². The van der Waals surface area contributed by atoms with Crippen molar-refractivity contribution in [3.8, 4) is 0 Å². The fraction of sp³-hybridized carbons (Fsp3) is 0.438. The molecular weight excluding hydrogens is 266 g/mol. The third-order valence-electron chi connectivity index (χ3n) is 3.31. The molecule has 0 radical (unpaired) electrons. The second-order valence-electron chi connectivity index (χ2n) is 5.16. The number of amides is 1. The molecule has 2 rings (SSSR count). The fourth-order valence-corrected chi connectivity index (χ4v) is 2.13. The van der Waals surface area contributed by atoms with Crippen LogP contribution in [0.25, 0.3) is 0 Å². The van der Waals surface area contributed by atoms with Crippen LogP contribution in [0, 0.1) is 6.92 Å². The Morgan fingerprint density at radius 1 is 1.19 bits per heavy atom. The number of unbranched alkanes of at least 4 members (excludes halogenated alkanes) is 1. The third kappa shape index (κ3) is 5.02. The minimum Gasteiger partial charge on any atom is -0.424 e. The summed E-state index contributed by atoms with van der Waals surface area (Å²) in [7, 11) is 1.76. The Labute approximate surface area is 125 Å². The molecule has 112 valence electrons. The molecule has 0 aliphatic carbocycles. The molecule has 0 aliphatic rings. The van der Waals surface area contributed by atoms with E-state index in [1.165, 1.54) is 5.56 Å². The zero-order chi connectivity index (χ0) is 15.1. The van der Waals surface area contributed by atoms with Crippen LogP contribution >= 0.6 is 0 Å². The Morgan fingerprint density at radius 2 is 1.95 bits per heavy atom. The van der Waals surface area contributed by atoms with Crippen molar-refractivity contribution in [1.82, 2.24) is 15.1 Å². The minimum atomic E-state index is 0.110. The number of rotatable bonds is 7. The highest BCUT2D eigenvalue weighted by Gasteiger charge is 2.12. The lowest BCUT2D eigenvalue weighted by Gasteiger charge is -2.14. The molecule has 0 N–H and O–H groups in total. The number of nitrogens with zero attached hydrogens (tertiary/aromatic N) is 3. The van der Waals surface area contributed by atoms with E-state index in [2.05, 4.69) is 22.3 Å². The molecule has 0 bridgehead atoms. The van der Waals surface area contributed by atoms with Crippen LogP contribution in [-0.4, -0.2) is 28.1 Å². The van der Waals surface area contributed by atoms with Crippen LogP contribution < -0.4 is 0 Å². The first-order valence-corrected chi connectivity index (χ1v) is 7.22. The molecule has 2 aromatic rings. The molecule has 21 heavy (non-hydrogen) atoms. The normalized spacial score (nSPS) is 10.6. The molecule has 1 heterocycles. The van der Waals surface area contributed by atoms with Gasteiger partial charge in [-0.2, -0.15) is 0 Å². The summed E-state index contributed by atoms with van der Waals surface area (Å²) in [5, 5.41) is 7.65. The van der Waals surface area contributed by atoms with Crippen LogP contribution in [-0.2, 0) is 17.8 Å². The summed E-state index contributed by atoms with van der Waals surface area (Å²) in [6.45, 7) is 2.11. The number of benzene rings is 1. The highest BCUT2D eigenvalue weighted by molar-refractivity contribution is 5.75. The van der Waals surface area contributed by atoms with Gasteiger partial charge in [0, 0.05) is 20.4 Å². The Hall–Kier alpha value is -2.17. The van der Waals surface area contributed by atoms with E-state index in [0.29, 0.717) is 24.7 Å². The van der Waals surface area contributed by atoms with Gasteiger partial charge < -0.3 is 9.32 Å². The molecule has 0 aliphatic heterocycles. The molecule has 0 spiro atoms. The van der Waals surface area contributed by atoms with Crippen LogP contribution in [0.3, 0.4) is 0 Å². The Bertz CT molecular complexity index is 566. The maximum Gasteiger partial charge on any atom is 0.235 e. The first-order valence-electron chi connectivity index (χ1n) is 7.22. The Kier molecular flexibility index (Phi) is 5.49. The van der Waals surface area contributed by atoms with E-state index < -0.39 is 0 Å². The van der Waals surface area contributed by atoms with E-state index in [1.54, 1.807) is 18.9 Å². The molecule has 1 amide bonds. The average molecular weight is 287 g/mol. The molecule has 0 unspecified atom stereocenters. The second-order valence-corrected chi connectivity index (χ2v) is 5.16. The van der Waals surface area contributed by atoms with E-state index >= 15 is 0 Å². The number of hydrogen-bond donors (Lipinski definition) is 0. The van der Waals surface area contributed by atoms with Gasteiger partial charge in [-0.25, -0.2) is 0 Å². The first kappa shape index (κ1) is 15.2. The Balaban J connectivity index is 1.67. The average Bonchev–Trinajstić information content (AvgIpc) is 2.89. The molecule has 5 nitrogen and oxygen atoms in total. The predicted molar refractivity (Wildman–Crippen MR) is 79.5 cm³/mol. The monoisotopic (exact) mass is 287 g/mol. The SMILES string of the molecule is Cc1nnc(CN(C)C(=O)CCCCc2ccccc2)o1. The van der Waals surface area contributed by atoms with Crippen LogP contribution in [0.2, 0.25) is 0 Å². The van der Waals surface area contributed by atoms with Gasteiger partial charge >= 0.3 is 0 Å². The Morgan fingerprint density at radius 3 is 2.62 bits per heavy atom. The van der Waals surface area contributed by atoms with Gasteiger partial charge in [0.15, 0.2) is 0 Å². The highest BCUT2D eigenvalue weighted by atomic mass is 16.4. The van der Waals surface area contributed by atoms with E-state index in [0.717, 1.165) is 19.3 Å². The molecule has 0 atom stereocenters. The van der Waals surface area contributed by atoms with E-state index in [-0.39, 0.29) is 5.91 Å². The lowest BCUT2D eigenvalue weighted by molar-refractivity contribution is -0.130. The smallest absolute Gasteiger partial charge is 0.235 e. The first-order chi connectivity index (χ1) is 10.1. The van der Waals surface area contributed by atoms with Gasteiger partial charge in [-0.1, -0.05) is 30.3 Å². The van der Waals surface area contributed by atoms with Gasteiger partial charge in [-0.05, 0) is 24.8 Å². The van der Waals surface area contributed by atoms with Crippen molar-refractivity contribution < 1.29 is 9.21 Å². The predicted octanol–water partition coefficient (Wildman–Crippen LogP) is 2.75. The summed E-state index contributed by atoms with van der Waals surface area (Å²) in [4.78, 5) is 13.6.